The lowest BCUT2D eigenvalue weighted by molar-refractivity contribution is 0.186. The van der Waals surface area contributed by atoms with Crippen molar-refractivity contribution in [2.24, 2.45) is 5.73 Å². The Kier molecular flexibility index (Phi) is 11.1. The molecule has 2 N–H and O–H groups in total. The molecule has 0 fully saturated rings. The van der Waals surface area contributed by atoms with Crippen LogP contribution in [0, 0.1) is 5.82 Å². The molecule has 4 heteroatoms. The number of nitrogens with zero attached hydrogens (tertiary/aromatic N) is 1. The number of halogens is 2. The smallest absolute Gasteiger partial charge is 0.128 e. The van der Waals surface area contributed by atoms with E-state index in [4.69, 9.17) is 5.73 Å². The average Bonchev–Trinajstić information content (AvgIpc) is 2.78. The Hall–Kier alpha value is -2.72. The summed E-state index contributed by atoms with van der Waals surface area (Å²) in [5.41, 5.74) is 9.28. The van der Waals surface area contributed by atoms with E-state index in [0.29, 0.717) is 31.5 Å². The van der Waals surface area contributed by atoms with Gasteiger partial charge in [0.05, 0.1) is 0 Å². The molecular formula is C28H38F2N2. The van der Waals surface area contributed by atoms with E-state index in [2.05, 4.69) is 19.7 Å². The zero-order chi connectivity index (χ0) is 24.3. The molecule has 0 bridgehead atoms. The Labute approximate surface area is 193 Å². The first-order chi connectivity index (χ1) is 15.1. The molecule has 0 aromatic heterocycles. The summed E-state index contributed by atoms with van der Waals surface area (Å²) in [4.78, 5) is 1.95. The van der Waals surface area contributed by atoms with Crippen LogP contribution in [0.2, 0.25) is 0 Å². The molecule has 2 nitrogen and oxygen atoms in total. The van der Waals surface area contributed by atoms with Gasteiger partial charge in [0.1, 0.15) is 11.5 Å². The number of allylic oxidation sites excluding steroid dienone is 6. The van der Waals surface area contributed by atoms with Crippen molar-refractivity contribution in [2.45, 2.75) is 52.8 Å². The molecule has 0 aliphatic heterocycles. The van der Waals surface area contributed by atoms with Crippen LogP contribution in [-0.2, 0) is 6.54 Å². The zero-order valence-corrected chi connectivity index (χ0v) is 20.1. The second-order valence-corrected chi connectivity index (χ2v) is 8.21. The lowest BCUT2D eigenvalue weighted by Gasteiger charge is -2.24. The maximum absolute atomic E-state index is 14.8. The first-order valence-corrected chi connectivity index (χ1v) is 11.0. The van der Waals surface area contributed by atoms with Crippen LogP contribution in [0.15, 0.2) is 85.2 Å². The molecule has 174 valence electrons. The predicted molar refractivity (Wildman–Crippen MR) is 135 cm³/mol. The first kappa shape index (κ1) is 27.3. The predicted octanol–water partition coefficient (Wildman–Crippen LogP) is 7.28. The van der Waals surface area contributed by atoms with Gasteiger partial charge >= 0.3 is 0 Å². The Morgan fingerprint density at radius 3 is 2.44 bits per heavy atom. The molecule has 1 atom stereocenters. The van der Waals surface area contributed by atoms with Crippen LogP contribution in [0.4, 0.5) is 8.78 Å². The maximum Gasteiger partial charge on any atom is 0.128 e. The summed E-state index contributed by atoms with van der Waals surface area (Å²) in [5.74, 6) is -0.266. The van der Waals surface area contributed by atoms with Gasteiger partial charge in [0.25, 0.3) is 0 Å². The molecule has 32 heavy (non-hydrogen) atoms. The number of hydrogen-bond acceptors (Lipinski definition) is 2. The number of rotatable bonds is 13. The Morgan fingerprint density at radius 2 is 1.94 bits per heavy atom. The molecule has 0 aliphatic rings. The third kappa shape index (κ3) is 8.08. The molecule has 0 amide bonds. The normalized spacial score (nSPS) is 14.7. The van der Waals surface area contributed by atoms with Crippen molar-refractivity contribution >= 4 is 5.57 Å². The van der Waals surface area contributed by atoms with Gasteiger partial charge in [0, 0.05) is 25.2 Å². The minimum absolute atomic E-state index is 0.0122. The summed E-state index contributed by atoms with van der Waals surface area (Å²) in [6, 6.07) is 5.24. The van der Waals surface area contributed by atoms with Gasteiger partial charge in [-0.3, -0.25) is 0 Å². The summed E-state index contributed by atoms with van der Waals surface area (Å²) < 4.78 is 29.0. The van der Waals surface area contributed by atoms with E-state index in [1.807, 2.05) is 50.0 Å². The second-order valence-electron chi connectivity index (χ2n) is 8.21. The highest BCUT2D eigenvalue weighted by Gasteiger charge is 2.21. The quantitative estimate of drug-likeness (QED) is 0.327. The van der Waals surface area contributed by atoms with Crippen LogP contribution in [0.3, 0.4) is 0 Å². The summed E-state index contributed by atoms with van der Waals surface area (Å²) in [6.45, 7) is 20.1. The Balaban J connectivity index is 3.05. The SMILES string of the molecule is C=C/C(=C\C)c1ccc(CN(C=C)CC(/C=C\C)=C(\C)C(=C)CCC(C)(F)CN)c(F)c1. The van der Waals surface area contributed by atoms with Crippen LogP contribution in [0.25, 0.3) is 5.57 Å². The van der Waals surface area contributed by atoms with Crippen molar-refractivity contribution in [1.82, 2.24) is 4.90 Å². The van der Waals surface area contributed by atoms with Gasteiger partial charge in [-0.15, -0.1) is 0 Å². The van der Waals surface area contributed by atoms with E-state index in [1.54, 1.807) is 18.3 Å². The summed E-state index contributed by atoms with van der Waals surface area (Å²) in [7, 11) is 0. The lowest BCUT2D eigenvalue weighted by Crippen LogP contribution is -2.29. The van der Waals surface area contributed by atoms with E-state index in [9.17, 15) is 8.78 Å². The Bertz CT molecular complexity index is 904. The molecule has 0 aliphatic carbocycles. The summed E-state index contributed by atoms with van der Waals surface area (Å²) >= 11 is 0. The highest BCUT2D eigenvalue weighted by Crippen LogP contribution is 2.26. The highest BCUT2D eigenvalue weighted by atomic mass is 19.1. The topological polar surface area (TPSA) is 29.3 Å². The fourth-order valence-corrected chi connectivity index (χ4v) is 3.31. The van der Waals surface area contributed by atoms with Gasteiger partial charge < -0.3 is 10.6 Å². The molecule has 1 unspecified atom stereocenters. The second kappa shape index (κ2) is 13.0. The van der Waals surface area contributed by atoms with Gasteiger partial charge in [0.15, 0.2) is 0 Å². The van der Waals surface area contributed by atoms with E-state index in [0.717, 1.165) is 27.9 Å². The van der Waals surface area contributed by atoms with Crippen molar-refractivity contribution in [3.8, 4) is 0 Å². The highest BCUT2D eigenvalue weighted by molar-refractivity contribution is 5.73. The minimum atomic E-state index is -1.40. The maximum atomic E-state index is 14.8. The van der Waals surface area contributed by atoms with Crippen LogP contribution in [0.1, 0.15) is 51.7 Å². The van der Waals surface area contributed by atoms with E-state index in [1.165, 1.54) is 13.0 Å². The number of nitrogens with two attached hydrogens (primary N) is 1. The van der Waals surface area contributed by atoms with Gasteiger partial charge in [-0.2, -0.15) is 0 Å². The standard InChI is InChI=1S/C28H38F2N2/c1-8-12-25(22(6)21(5)15-16-28(7,30)20-31)18-32(11-4)19-26-14-13-24(17-27(26)29)23(9-2)10-3/h8-14,17H,2,4-5,15-16,18-20,31H2,1,3,6-7H3/b12-8-,23-10+,25-22+. The molecular weight excluding hydrogens is 402 g/mol. The van der Waals surface area contributed by atoms with Crippen LogP contribution in [0.5, 0.6) is 0 Å². The Morgan fingerprint density at radius 1 is 1.25 bits per heavy atom. The molecule has 1 aromatic rings. The van der Waals surface area contributed by atoms with E-state index < -0.39 is 5.67 Å². The fourth-order valence-electron chi connectivity index (χ4n) is 3.31. The average molecular weight is 441 g/mol. The van der Waals surface area contributed by atoms with Gasteiger partial charge in [-0.05, 0) is 75.1 Å². The third-order valence-corrected chi connectivity index (χ3v) is 5.68. The van der Waals surface area contributed by atoms with Crippen molar-refractivity contribution in [1.29, 1.82) is 0 Å². The van der Waals surface area contributed by atoms with Gasteiger partial charge in [-0.25, -0.2) is 8.78 Å². The molecule has 0 radical (unpaired) electrons. The van der Waals surface area contributed by atoms with Crippen LogP contribution < -0.4 is 5.73 Å². The number of benzene rings is 1. The largest absolute Gasteiger partial charge is 0.369 e. The summed E-state index contributed by atoms with van der Waals surface area (Å²) in [5, 5.41) is 0. The summed E-state index contributed by atoms with van der Waals surface area (Å²) in [6.07, 6.45) is 10.1. The monoisotopic (exact) mass is 440 g/mol. The first-order valence-electron chi connectivity index (χ1n) is 11.0. The number of hydrogen-bond donors (Lipinski definition) is 1. The number of alkyl halides is 1. The third-order valence-electron chi connectivity index (χ3n) is 5.68. The minimum Gasteiger partial charge on any atom is -0.369 e. The fraction of sp³-hybridized carbons (Fsp3) is 0.357. The van der Waals surface area contributed by atoms with E-state index in [-0.39, 0.29) is 12.4 Å². The molecule has 0 saturated carbocycles. The lowest BCUT2D eigenvalue weighted by atomic mass is 9.93. The van der Waals surface area contributed by atoms with Gasteiger partial charge in [0.2, 0.25) is 0 Å². The van der Waals surface area contributed by atoms with Crippen molar-refractivity contribution in [2.75, 3.05) is 13.1 Å². The molecule has 1 aromatic carbocycles. The molecule has 0 spiro atoms. The molecule has 0 heterocycles. The van der Waals surface area contributed by atoms with Crippen molar-refractivity contribution in [3.05, 3.63) is 102 Å². The van der Waals surface area contributed by atoms with Crippen LogP contribution in [-0.4, -0.2) is 23.7 Å². The van der Waals surface area contributed by atoms with Crippen molar-refractivity contribution < 1.29 is 8.78 Å². The van der Waals surface area contributed by atoms with E-state index >= 15 is 0 Å². The van der Waals surface area contributed by atoms with Gasteiger partial charge in [-0.1, -0.05) is 61.7 Å². The van der Waals surface area contributed by atoms with Crippen molar-refractivity contribution in [3.63, 3.8) is 0 Å². The molecule has 0 saturated heterocycles. The molecule has 1 rings (SSSR count). The van der Waals surface area contributed by atoms with Crippen LogP contribution >= 0.6 is 0 Å². The zero-order valence-electron chi connectivity index (χ0n) is 20.1.